The first-order chi connectivity index (χ1) is 10.1. The van der Waals surface area contributed by atoms with Crippen molar-refractivity contribution in [1.29, 1.82) is 0 Å². The van der Waals surface area contributed by atoms with Crippen molar-refractivity contribution in [2.45, 2.75) is 25.3 Å². The Labute approximate surface area is 127 Å². The van der Waals surface area contributed by atoms with E-state index in [1.165, 1.54) is 31.0 Å². The molecule has 6 nitrogen and oxygen atoms in total. The molecule has 1 heterocycles. The van der Waals surface area contributed by atoms with Crippen molar-refractivity contribution < 1.29 is 9.72 Å². The van der Waals surface area contributed by atoms with E-state index in [-0.39, 0.29) is 22.7 Å². The van der Waals surface area contributed by atoms with E-state index in [9.17, 15) is 14.9 Å². The van der Waals surface area contributed by atoms with Gasteiger partial charge in [-0.1, -0.05) is 18.0 Å². The van der Waals surface area contributed by atoms with Gasteiger partial charge in [-0.05, 0) is 43.4 Å². The molecule has 1 aromatic carbocycles. The molecule has 1 aromatic rings. The first-order valence-electron chi connectivity index (χ1n) is 7.04. The molecule has 1 aliphatic heterocycles. The van der Waals surface area contributed by atoms with Crippen LogP contribution in [0.15, 0.2) is 18.2 Å². The lowest BCUT2D eigenvalue weighted by Gasteiger charge is -2.17. The van der Waals surface area contributed by atoms with Crippen molar-refractivity contribution in [2.24, 2.45) is 11.8 Å². The van der Waals surface area contributed by atoms with E-state index in [2.05, 4.69) is 10.6 Å². The molecular formula is C14H16ClN3O3. The summed E-state index contributed by atoms with van der Waals surface area (Å²) in [6.45, 7) is 0.893. The van der Waals surface area contributed by atoms with Gasteiger partial charge < -0.3 is 10.6 Å². The summed E-state index contributed by atoms with van der Waals surface area (Å²) in [4.78, 5) is 22.5. The normalized spacial score (nSPS) is 27.4. The number of hydrogen-bond acceptors (Lipinski definition) is 4. The Hall–Kier alpha value is -1.66. The molecule has 2 aliphatic rings. The van der Waals surface area contributed by atoms with Crippen LogP contribution in [-0.4, -0.2) is 23.4 Å². The first kappa shape index (κ1) is 14.3. The highest BCUT2D eigenvalue weighted by molar-refractivity contribution is 6.33. The van der Waals surface area contributed by atoms with Crippen molar-refractivity contribution in [3.05, 3.63) is 33.3 Å². The van der Waals surface area contributed by atoms with Gasteiger partial charge >= 0.3 is 0 Å². The van der Waals surface area contributed by atoms with Gasteiger partial charge in [0.15, 0.2) is 0 Å². The lowest BCUT2D eigenvalue weighted by Crippen LogP contribution is -2.39. The molecule has 0 bridgehead atoms. The number of anilines is 1. The number of hydrogen-bond donors (Lipinski definition) is 2. The summed E-state index contributed by atoms with van der Waals surface area (Å²) in [6.07, 6.45) is 3.45. The fourth-order valence-electron chi connectivity index (χ4n) is 3.43. The van der Waals surface area contributed by atoms with Gasteiger partial charge in [0, 0.05) is 11.8 Å². The predicted molar refractivity (Wildman–Crippen MR) is 79.4 cm³/mol. The topological polar surface area (TPSA) is 84.3 Å². The minimum Gasteiger partial charge on any atom is -0.325 e. The van der Waals surface area contributed by atoms with Crippen molar-refractivity contribution in [1.82, 2.24) is 5.32 Å². The highest BCUT2D eigenvalue weighted by atomic mass is 35.5. The third-order valence-corrected chi connectivity index (χ3v) is 4.74. The molecule has 3 rings (SSSR count). The lowest BCUT2D eigenvalue weighted by molar-refractivity contribution is -0.384. The van der Waals surface area contributed by atoms with Crippen LogP contribution in [0.5, 0.6) is 0 Å². The average molecular weight is 310 g/mol. The zero-order valence-corrected chi connectivity index (χ0v) is 12.1. The van der Waals surface area contributed by atoms with Crippen LogP contribution in [0.4, 0.5) is 11.4 Å². The fourth-order valence-corrected chi connectivity index (χ4v) is 3.68. The summed E-state index contributed by atoms with van der Waals surface area (Å²) in [7, 11) is 0. The van der Waals surface area contributed by atoms with Gasteiger partial charge in [0.25, 0.3) is 5.69 Å². The fraction of sp³-hybridized carbons (Fsp3) is 0.500. The smallest absolute Gasteiger partial charge is 0.288 e. The second kappa shape index (κ2) is 5.61. The minimum absolute atomic E-state index is 0.0240. The number of rotatable bonds is 3. The highest BCUT2D eigenvalue weighted by Gasteiger charge is 2.42. The molecule has 0 radical (unpaired) electrons. The molecule has 2 fully saturated rings. The Bertz CT molecular complexity index is 593. The summed E-state index contributed by atoms with van der Waals surface area (Å²) < 4.78 is 0. The lowest BCUT2D eigenvalue weighted by atomic mass is 9.93. The molecule has 7 heteroatoms. The van der Waals surface area contributed by atoms with E-state index in [0.717, 1.165) is 13.0 Å². The molecule has 3 unspecified atom stereocenters. The van der Waals surface area contributed by atoms with E-state index in [1.54, 1.807) is 0 Å². The molecule has 2 N–H and O–H groups in total. The number of amides is 1. The monoisotopic (exact) mass is 309 g/mol. The number of nitrogens with one attached hydrogen (secondary N) is 2. The third-order valence-electron chi connectivity index (χ3n) is 4.44. The zero-order valence-electron chi connectivity index (χ0n) is 11.3. The Balaban J connectivity index is 1.70. The number of nitro benzene ring substituents is 1. The largest absolute Gasteiger partial charge is 0.325 e. The standard InChI is InChI=1S/C14H16ClN3O3/c15-11-6-9(4-5-12(11)18(20)21)17-14(19)13-10-3-1-2-8(10)7-16-13/h4-6,8,10,13,16H,1-3,7H2,(H,17,19). The van der Waals surface area contributed by atoms with Crippen LogP contribution in [0.3, 0.4) is 0 Å². The van der Waals surface area contributed by atoms with Crippen LogP contribution in [0.25, 0.3) is 0 Å². The summed E-state index contributed by atoms with van der Waals surface area (Å²) in [5.74, 6) is 0.911. The predicted octanol–water partition coefficient (Wildman–Crippen LogP) is 2.57. The van der Waals surface area contributed by atoms with E-state index in [0.29, 0.717) is 17.5 Å². The number of carbonyl (C=O) groups is 1. The molecule has 0 spiro atoms. The zero-order chi connectivity index (χ0) is 15.0. The second-order valence-corrected chi connectivity index (χ2v) is 6.06. The van der Waals surface area contributed by atoms with Crippen LogP contribution >= 0.6 is 11.6 Å². The molecule has 3 atom stereocenters. The van der Waals surface area contributed by atoms with E-state index >= 15 is 0 Å². The van der Waals surface area contributed by atoms with E-state index < -0.39 is 4.92 Å². The Kier molecular flexibility index (Phi) is 3.82. The summed E-state index contributed by atoms with van der Waals surface area (Å²) in [6, 6.07) is 4.05. The SMILES string of the molecule is O=C(Nc1ccc([N+](=O)[O-])c(Cl)c1)C1NCC2CCCC21. The minimum atomic E-state index is -0.546. The van der Waals surface area contributed by atoms with Crippen LogP contribution in [0, 0.1) is 22.0 Å². The van der Waals surface area contributed by atoms with Crippen LogP contribution in [-0.2, 0) is 4.79 Å². The van der Waals surface area contributed by atoms with Gasteiger partial charge in [0.05, 0.1) is 11.0 Å². The first-order valence-corrected chi connectivity index (χ1v) is 7.42. The van der Waals surface area contributed by atoms with Gasteiger partial charge in [-0.15, -0.1) is 0 Å². The number of fused-ring (bicyclic) bond motifs is 1. The number of nitro groups is 1. The van der Waals surface area contributed by atoms with Crippen molar-refractivity contribution in [3.8, 4) is 0 Å². The van der Waals surface area contributed by atoms with E-state index in [1.807, 2.05) is 0 Å². The summed E-state index contributed by atoms with van der Waals surface area (Å²) >= 11 is 5.85. The molecule has 1 aliphatic carbocycles. The Morgan fingerprint density at radius 1 is 1.43 bits per heavy atom. The molecule has 1 amide bonds. The molecule has 21 heavy (non-hydrogen) atoms. The molecule has 112 valence electrons. The maximum atomic E-state index is 12.3. The number of benzene rings is 1. The molecule has 0 aromatic heterocycles. The molecule has 1 saturated carbocycles. The average Bonchev–Trinajstić information content (AvgIpc) is 3.00. The summed E-state index contributed by atoms with van der Waals surface area (Å²) in [5, 5.41) is 16.8. The van der Waals surface area contributed by atoms with Crippen LogP contribution < -0.4 is 10.6 Å². The Morgan fingerprint density at radius 2 is 2.24 bits per heavy atom. The maximum absolute atomic E-state index is 12.3. The quantitative estimate of drug-likeness (QED) is 0.664. The third kappa shape index (κ3) is 2.73. The number of halogens is 1. The van der Waals surface area contributed by atoms with Gasteiger partial charge in [-0.3, -0.25) is 14.9 Å². The van der Waals surface area contributed by atoms with Gasteiger partial charge in [0.1, 0.15) is 5.02 Å². The summed E-state index contributed by atoms with van der Waals surface area (Å²) in [5.41, 5.74) is 0.323. The maximum Gasteiger partial charge on any atom is 0.288 e. The van der Waals surface area contributed by atoms with Crippen LogP contribution in [0.1, 0.15) is 19.3 Å². The number of nitrogens with zero attached hydrogens (tertiary/aromatic N) is 1. The highest BCUT2D eigenvalue weighted by Crippen LogP contribution is 2.38. The van der Waals surface area contributed by atoms with Gasteiger partial charge in [-0.2, -0.15) is 0 Å². The Morgan fingerprint density at radius 3 is 2.95 bits per heavy atom. The van der Waals surface area contributed by atoms with Crippen molar-refractivity contribution >= 4 is 28.9 Å². The van der Waals surface area contributed by atoms with Crippen molar-refractivity contribution in [3.63, 3.8) is 0 Å². The van der Waals surface area contributed by atoms with Crippen molar-refractivity contribution in [2.75, 3.05) is 11.9 Å². The van der Waals surface area contributed by atoms with E-state index in [4.69, 9.17) is 11.6 Å². The molecular weight excluding hydrogens is 294 g/mol. The molecule has 1 saturated heterocycles. The van der Waals surface area contributed by atoms with Crippen LogP contribution in [0.2, 0.25) is 5.02 Å². The second-order valence-electron chi connectivity index (χ2n) is 5.65. The number of carbonyl (C=O) groups excluding carboxylic acids is 1. The van der Waals surface area contributed by atoms with Gasteiger partial charge in [-0.25, -0.2) is 0 Å². The van der Waals surface area contributed by atoms with Gasteiger partial charge in [0.2, 0.25) is 5.91 Å².